The molecular formula is C6H7BNO2. The average Bonchev–Trinajstić information content (AvgIpc) is 2.34. The van der Waals surface area contributed by atoms with E-state index in [-0.39, 0.29) is 0 Å². The van der Waals surface area contributed by atoms with Crippen LogP contribution in [0.5, 0.6) is 0 Å². The Hall–Kier alpha value is -1.19. The summed E-state index contributed by atoms with van der Waals surface area (Å²) in [5, 5.41) is 8.47. The molecule has 10 heavy (non-hydrogen) atoms. The van der Waals surface area contributed by atoms with E-state index in [0.29, 0.717) is 5.56 Å². The lowest BCUT2D eigenvalue weighted by molar-refractivity contribution is 0.0697. The molecule has 0 saturated heterocycles. The maximum atomic E-state index is 10.3. The van der Waals surface area contributed by atoms with Crippen molar-refractivity contribution in [2.24, 2.45) is 0 Å². The first-order chi connectivity index (χ1) is 4.74. The van der Waals surface area contributed by atoms with Crippen LogP contribution < -0.4 is 0 Å². The first-order valence-corrected chi connectivity index (χ1v) is 2.94. The number of nitrogens with zero attached hydrogens (tertiary/aromatic N) is 1. The summed E-state index contributed by atoms with van der Waals surface area (Å²) in [6.45, 7) is 1.84. The van der Waals surface area contributed by atoms with Gasteiger partial charge in [0.05, 0.1) is 5.56 Å². The van der Waals surface area contributed by atoms with Crippen molar-refractivity contribution < 1.29 is 9.90 Å². The van der Waals surface area contributed by atoms with E-state index in [2.05, 4.69) is 0 Å². The molecule has 4 heteroatoms. The topological polar surface area (TPSA) is 42.2 Å². The summed E-state index contributed by atoms with van der Waals surface area (Å²) in [7, 11) is 1.78. The first-order valence-electron chi connectivity index (χ1n) is 2.94. The predicted molar refractivity (Wildman–Crippen MR) is 38.4 cm³/mol. The molecule has 0 aliphatic heterocycles. The maximum absolute atomic E-state index is 10.3. The maximum Gasteiger partial charge on any atom is 0.337 e. The van der Waals surface area contributed by atoms with Crippen LogP contribution in [0.1, 0.15) is 10.4 Å². The van der Waals surface area contributed by atoms with Crippen LogP contribution in [0, 0.1) is 0 Å². The number of hydrogen-bond acceptors (Lipinski definition) is 1. The van der Waals surface area contributed by atoms with Gasteiger partial charge < -0.3 is 9.58 Å². The zero-order chi connectivity index (χ0) is 7.56. The zero-order valence-corrected chi connectivity index (χ0v) is 5.61. The summed E-state index contributed by atoms with van der Waals surface area (Å²) in [5.74, 6) is -0.888. The Balaban J connectivity index is 2.88. The van der Waals surface area contributed by atoms with Gasteiger partial charge in [-0.2, -0.15) is 0 Å². The Morgan fingerprint density at radius 3 is 2.80 bits per heavy atom. The largest absolute Gasteiger partial charge is 0.478 e. The van der Waals surface area contributed by atoms with Crippen LogP contribution in [0.3, 0.4) is 0 Å². The van der Waals surface area contributed by atoms with E-state index >= 15 is 0 Å². The highest BCUT2D eigenvalue weighted by atomic mass is 16.4. The van der Waals surface area contributed by atoms with Crippen molar-refractivity contribution in [3.8, 4) is 0 Å². The Morgan fingerprint density at radius 1 is 1.80 bits per heavy atom. The van der Waals surface area contributed by atoms with Crippen LogP contribution in [0.25, 0.3) is 0 Å². The van der Waals surface area contributed by atoms with Gasteiger partial charge in [0.15, 0.2) is 0 Å². The molecule has 0 fully saturated rings. The Morgan fingerprint density at radius 2 is 2.50 bits per heavy atom. The van der Waals surface area contributed by atoms with Gasteiger partial charge in [-0.05, 0) is 12.3 Å². The molecule has 1 heterocycles. The molecule has 3 nitrogen and oxygen atoms in total. The fraction of sp³-hybridized carbons (Fsp3) is 0.167. The predicted octanol–water partition coefficient (Wildman–Crippen LogP) is 0.702. The molecule has 1 aromatic heterocycles. The Labute approximate surface area is 59.5 Å². The molecule has 0 aliphatic carbocycles. The molecule has 1 radical (unpaired) electrons. The van der Waals surface area contributed by atoms with E-state index in [0.717, 1.165) is 0 Å². The second-order valence-corrected chi connectivity index (χ2v) is 1.91. The molecule has 0 unspecified atom stereocenters. The fourth-order valence-electron chi connectivity index (χ4n) is 0.700. The Kier molecular flexibility index (Phi) is 1.80. The third-order valence-electron chi connectivity index (χ3n) is 1.26. The van der Waals surface area contributed by atoms with Crippen molar-refractivity contribution >= 4 is 13.4 Å². The monoisotopic (exact) mass is 136 g/mol. The molecule has 0 aromatic carbocycles. The second-order valence-electron chi connectivity index (χ2n) is 1.91. The van der Waals surface area contributed by atoms with Crippen LogP contribution in [-0.4, -0.2) is 23.0 Å². The molecule has 0 atom stereocenters. The van der Waals surface area contributed by atoms with Gasteiger partial charge in [-0.1, -0.05) is 6.82 Å². The van der Waals surface area contributed by atoms with Crippen molar-refractivity contribution in [2.75, 3.05) is 0 Å². The number of aromatic nitrogens is 1. The minimum atomic E-state index is -0.888. The molecule has 0 aliphatic rings. The molecular weight excluding hydrogens is 129 g/mol. The first kappa shape index (κ1) is 6.93. The molecule has 51 valence electrons. The lowest BCUT2D eigenvalue weighted by atomic mass is 10.0. The standard InChI is InChI=1S/C6H7BNO2/c1-7-8-3-2-5(4-8)6(9)10/h2-4H,1H3,(H,9,10). The average molecular weight is 136 g/mol. The minimum absolute atomic E-state index is 0.318. The number of carboxylic acid groups (broad SMARTS) is 1. The summed E-state index contributed by atoms with van der Waals surface area (Å²) in [6, 6.07) is 1.56. The molecule has 1 N–H and O–H groups in total. The highest BCUT2D eigenvalue weighted by molar-refractivity contribution is 6.31. The molecule has 0 saturated carbocycles. The number of carbonyl (C=O) groups is 1. The van der Waals surface area contributed by atoms with E-state index in [1.54, 1.807) is 30.4 Å². The fourth-order valence-corrected chi connectivity index (χ4v) is 0.700. The van der Waals surface area contributed by atoms with E-state index in [9.17, 15) is 4.79 Å². The zero-order valence-electron chi connectivity index (χ0n) is 5.61. The van der Waals surface area contributed by atoms with Crippen molar-refractivity contribution in [1.29, 1.82) is 0 Å². The van der Waals surface area contributed by atoms with Gasteiger partial charge in [0, 0.05) is 6.20 Å². The van der Waals surface area contributed by atoms with E-state index < -0.39 is 5.97 Å². The summed E-state index contributed by atoms with van der Waals surface area (Å²) in [5.41, 5.74) is 0.318. The lowest BCUT2D eigenvalue weighted by Crippen LogP contribution is -1.98. The van der Waals surface area contributed by atoms with Crippen LogP contribution in [0.4, 0.5) is 0 Å². The highest BCUT2D eigenvalue weighted by Gasteiger charge is 2.02. The quantitative estimate of drug-likeness (QED) is 0.608. The smallest absolute Gasteiger partial charge is 0.337 e. The van der Waals surface area contributed by atoms with Gasteiger partial charge in [-0.25, -0.2) is 4.79 Å². The second kappa shape index (κ2) is 2.60. The van der Waals surface area contributed by atoms with Crippen LogP contribution in [0.2, 0.25) is 6.82 Å². The van der Waals surface area contributed by atoms with E-state index in [4.69, 9.17) is 5.11 Å². The van der Waals surface area contributed by atoms with Crippen molar-refractivity contribution in [1.82, 2.24) is 4.48 Å². The summed E-state index contributed by atoms with van der Waals surface area (Å²) in [6.07, 6.45) is 3.26. The third kappa shape index (κ3) is 1.21. The van der Waals surface area contributed by atoms with Gasteiger partial charge in [0.2, 0.25) is 7.41 Å². The molecule has 0 amide bonds. The van der Waals surface area contributed by atoms with E-state index in [1.165, 1.54) is 0 Å². The third-order valence-corrected chi connectivity index (χ3v) is 1.26. The van der Waals surface area contributed by atoms with Crippen molar-refractivity contribution in [3.05, 3.63) is 24.0 Å². The SMILES string of the molecule is C[B]n1ccc(C(=O)O)c1. The molecule has 1 aromatic rings. The summed E-state index contributed by atoms with van der Waals surface area (Å²) >= 11 is 0. The van der Waals surface area contributed by atoms with Crippen molar-refractivity contribution in [3.63, 3.8) is 0 Å². The molecule has 1 rings (SSSR count). The van der Waals surface area contributed by atoms with Crippen LogP contribution in [-0.2, 0) is 0 Å². The minimum Gasteiger partial charge on any atom is -0.478 e. The molecule has 0 bridgehead atoms. The number of aromatic carboxylic acids is 1. The van der Waals surface area contributed by atoms with Gasteiger partial charge in [0.1, 0.15) is 0 Å². The molecule has 0 spiro atoms. The van der Waals surface area contributed by atoms with Crippen molar-refractivity contribution in [2.45, 2.75) is 6.82 Å². The number of rotatable bonds is 2. The lowest BCUT2D eigenvalue weighted by Gasteiger charge is -1.89. The normalized spacial score (nSPS) is 9.30. The van der Waals surface area contributed by atoms with Crippen LogP contribution >= 0.6 is 0 Å². The van der Waals surface area contributed by atoms with E-state index in [1.807, 2.05) is 6.82 Å². The summed E-state index contributed by atoms with van der Waals surface area (Å²) < 4.78 is 1.70. The van der Waals surface area contributed by atoms with Gasteiger partial charge in [-0.3, -0.25) is 0 Å². The van der Waals surface area contributed by atoms with Gasteiger partial charge >= 0.3 is 5.97 Å². The van der Waals surface area contributed by atoms with Gasteiger partial charge in [-0.15, -0.1) is 0 Å². The number of hydrogen-bond donors (Lipinski definition) is 1. The highest BCUT2D eigenvalue weighted by Crippen LogP contribution is 1.98. The van der Waals surface area contributed by atoms with Gasteiger partial charge in [0.25, 0.3) is 0 Å². The number of carboxylic acids is 1. The van der Waals surface area contributed by atoms with Crippen LogP contribution in [0.15, 0.2) is 18.5 Å². The summed E-state index contributed by atoms with van der Waals surface area (Å²) in [4.78, 5) is 10.3. The Bertz CT molecular complexity index is 244.